The molecule has 0 saturated carbocycles. The molecule has 0 aliphatic heterocycles. The van der Waals surface area contributed by atoms with E-state index in [1.807, 2.05) is 6.92 Å². The van der Waals surface area contributed by atoms with Crippen molar-refractivity contribution in [1.82, 2.24) is 5.32 Å². The maximum atomic E-state index is 10.8. The fourth-order valence-corrected chi connectivity index (χ4v) is 1.90. The molecule has 17 heavy (non-hydrogen) atoms. The molecule has 90 valence electrons. The van der Waals surface area contributed by atoms with Crippen molar-refractivity contribution in [2.24, 2.45) is 0 Å². The number of halogens is 1. The topological polar surface area (TPSA) is 49.3 Å². The van der Waals surface area contributed by atoms with Crippen LogP contribution in [0.2, 0.25) is 0 Å². The molecular weight excluding hydrogens is 282 g/mol. The molecule has 0 amide bonds. The largest absolute Gasteiger partial charge is 0.478 e. The molecule has 1 atom stereocenters. The van der Waals surface area contributed by atoms with Crippen molar-refractivity contribution < 1.29 is 9.90 Å². The van der Waals surface area contributed by atoms with Crippen LogP contribution in [0, 0.1) is 12.3 Å². The first-order valence-electron chi connectivity index (χ1n) is 5.29. The number of rotatable bonds is 5. The minimum absolute atomic E-state index is 0.0426. The summed E-state index contributed by atoms with van der Waals surface area (Å²) in [4.78, 5) is 10.8. The van der Waals surface area contributed by atoms with Gasteiger partial charge < -0.3 is 5.11 Å². The van der Waals surface area contributed by atoms with Crippen molar-refractivity contribution in [1.29, 1.82) is 0 Å². The number of benzene rings is 1. The molecule has 0 aliphatic rings. The Morgan fingerprint density at radius 1 is 1.65 bits per heavy atom. The van der Waals surface area contributed by atoms with Crippen molar-refractivity contribution >= 4 is 21.9 Å². The van der Waals surface area contributed by atoms with Gasteiger partial charge in [0.15, 0.2) is 0 Å². The molecule has 0 heterocycles. The van der Waals surface area contributed by atoms with Crippen LogP contribution in [0.5, 0.6) is 0 Å². The van der Waals surface area contributed by atoms with Gasteiger partial charge in [-0.05, 0) is 24.1 Å². The molecule has 1 rings (SSSR count). The molecule has 1 aromatic rings. The molecule has 1 unspecified atom stereocenters. The number of hydrogen-bond donors (Lipinski definition) is 2. The Labute approximate surface area is 109 Å². The van der Waals surface area contributed by atoms with Gasteiger partial charge in [-0.25, -0.2) is 4.79 Å². The van der Waals surface area contributed by atoms with Crippen molar-refractivity contribution in [3.63, 3.8) is 0 Å². The van der Waals surface area contributed by atoms with Gasteiger partial charge in [0, 0.05) is 11.0 Å². The lowest BCUT2D eigenvalue weighted by Crippen LogP contribution is -2.26. The number of nitrogens with one attached hydrogen (secondary N) is 1. The van der Waals surface area contributed by atoms with E-state index in [9.17, 15) is 4.79 Å². The van der Waals surface area contributed by atoms with E-state index in [2.05, 4.69) is 27.2 Å². The summed E-state index contributed by atoms with van der Waals surface area (Å²) in [5, 5.41) is 12.0. The highest BCUT2D eigenvalue weighted by Crippen LogP contribution is 2.18. The van der Waals surface area contributed by atoms with Gasteiger partial charge in [0.2, 0.25) is 0 Å². The third kappa shape index (κ3) is 3.88. The highest BCUT2D eigenvalue weighted by atomic mass is 79.9. The van der Waals surface area contributed by atoms with E-state index in [1.54, 1.807) is 18.2 Å². The van der Waals surface area contributed by atoms with Gasteiger partial charge in [-0.3, -0.25) is 5.32 Å². The summed E-state index contributed by atoms with van der Waals surface area (Å²) in [5.74, 6) is 1.72. The quantitative estimate of drug-likeness (QED) is 0.821. The number of carbonyl (C=O) groups is 1. The zero-order valence-electron chi connectivity index (χ0n) is 9.53. The van der Waals surface area contributed by atoms with Gasteiger partial charge in [-0.2, -0.15) is 0 Å². The number of carboxylic acids is 1. The number of aromatic carboxylic acids is 1. The normalized spacial score (nSPS) is 11.8. The average Bonchev–Trinajstić information content (AvgIpc) is 2.31. The molecule has 0 aromatic heterocycles. The molecule has 0 spiro atoms. The van der Waals surface area contributed by atoms with E-state index in [0.29, 0.717) is 6.54 Å². The van der Waals surface area contributed by atoms with E-state index in [-0.39, 0.29) is 11.6 Å². The van der Waals surface area contributed by atoms with Crippen molar-refractivity contribution in [3.05, 3.63) is 33.8 Å². The van der Waals surface area contributed by atoms with Gasteiger partial charge >= 0.3 is 5.97 Å². The predicted octanol–water partition coefficient (Wildman–Crippen LogP) is 2.65. The molecular formula is C13H14BrNO2. The molecule has 0 aliphatic carbocycles. The van der Waals surface area contributed by atoms with Crippen LogP contribution in [0.3, 0.4) is 0 Å². The lowest BCUT2D eigenvalue weighted by atomic mass is 10.1. The summed E-state index contributed by atoms with van der Waals surface area (Å²) < 4.78 is 0.775. The smallest absolute Gasteiger partial charge is 0.335 e. The van der Waals surface area contributed by atoms with Crippen LogP contribution < -0.4 is 5.32 Å². The van der Waals surface area contributed by atoms with Crippen molar-refractivity contribution in [3.8, 4) is 12.3 Å². The van der Waals surface area contributed by atoms with Gasteiger partial charge in [0.05, 0.1) is 11.6 Å². The molecule has 4 heteroatoms. The second-order valence-corrected chi connectivity index (χ2v) is 4.47. The maximum Gasteiger partial charge on any atom is 0.335 e. The Hall–Kier alpha value is -1.31. The van der Waals surface area contributed by atoms with Crippen LogP contribution in [-0.2, 0) is 6.54 Å². The second kappa shape index (κ2) is 6.43. The standard InChI is InChI=1S/C13H14BrNO2/c1-3-11(4-2)15-8-10-6-5-9(13(16)17)7-12(10)14/h1,5-7,11,15H,4,8H2,2H3,(H,16,17). The average molecular weight is 296 g/mol. The molecule has 0 bridgehead atoms. The molecule has 1 aromatic carbocycles. The predicted molar refractivity (Wildman–Crippen MR) is 70.9 cm³/mol. The number of hydrogen-bond acceptors (Lipinski definition) is 2. The summed E-state index contributed by atoms with van der Waals surface area (Å²) in [6.07, 6.45) is 6.21. The van der Waals surface area contributed by atoms with E-state index in [0.717, 1.165) is 16.5 Å². The summed E-state index contributed by atoms with van der Waals surface area (Å²) in [7, 11) is 0. The first kappa shape index (κ1) is 13.8. The summed E-state index contributed by atoms with van der Waals surface area (Å²) in [6, 6.07) is 5.00. The van der Waals surface area contributed by atoms with Gasteiger partial charge in [-0.15, -0.1) is 6.42 Å². The first-order chi connectivity index (χ1) is 8.08. The monoisotopic (exact) mass is 295 g/mol. The summed E-state index contributed by atoms with van der Waals surface area (Å²) in [6.45, 7) is 2.63. The molecule has 2 N–H and O–H groups in total. The maximum absolute atomic E-state index is 10.8. The number of carboxylic acid groups (broad SMARTS) is 1. The van der Waals surface area contributed by atoms with E-state index >= 15 is 0 Å². The third-order valence-electron chi connectivity index (χ3n) is 2.45. The Balaban J connectivity index is 2.73. The fraction of sp³-hybridized carbons (Fsp3) is 0.308. The minimum Gasteiger partial charge on any atom is -0.478 e. The summed E-state index contributed by atoms with van der Waals surface area (Å²) in [5.41, 5.74) is 1.26. The molecule has 0 radical (unpaired) electrons. The molecule has 0 fully saturated rings. The van der Waals surface area contributed by atoms with Crippen LogP contribution in [0.15, 0.2) is 22.7 Å². The Morgan fingerprint density at radius 3 is 2.82 bits per heavy atom. The Kier molecular flexibility index (Phi) is 5.20. The zero-order valence-corrected chi connectivity index (χ0v) is 11.1. The molecule has 3 nitrogen and oxygen atoms in total. The summed E-state index contributed by atoms with van der Waals surface area (Å²) >= 11 is 3.35. The van der Waals surface area contributed by atoms with Crippen LogP contribution in [-0.4, -0.2) is 17.1 Å². The fourth-order valence-electron chi connectivity index (χ4n) is 1.38. The lowest BCUT2D eigenvalue weighted by molar-refractivity contribution is 0.0697. The third-order valence-corrected chi connectivity index (χ3v) is 3.19. The van der Waals surface area contributed by atoms with Crippen LogP contribution >= 0.6 is 15.9 Å². The van der Waals surface area contributed by atoms with E-state index in [1.165, 1.54) is 0 Å². The number of terminal acetylenes is 1. The van der Waals surface area contributed by atoms with Crippen LogP contribution in [0.1, 0.15) is 29.3 Å². The minimum atomic E-state index is -0.930. The molecule has 0 saturated heterocycles. The SMILES string of the molecule is C#CC(CC)NCc1ccc(C(=O)O)cc1Br. The van der Waals surface area contributed by atoms with Crippen molar-refractivity contribution in [2.75, 3.05) is 0 Å². The highest BCUT2D eigenvalue weighted by Gasteiger charge is 2.07. The van der Waals surface area contributed by atoms with E-state index in [4.69, 9.17) is 11.5 Å². The van der Waals surface area contributed by atoms with Crippen LogP contribution in [0.4, 0.5) is 0 Å². The Bertz CT molecular complexity index is 451. The highest BCUT2D eigenvalue weighted by molar-refractivity contribution is 9.10. The second-order valence-electron chi connectivity index (χ2n) is 3.62. The van der Waals surface area contributed by atoms with Gasteiger partial charge in [0.1, 0.15) is 0 Å². The van der Waals surface area contributed by atoms with Gasteiger partial charge in [0.25, 0.3) is 0 Å². The zero-order chi connectivity index (χ0) is 12.8. The first-order valence-corrected chi connectivity index (χ1v) is 6.09. The van der Waals surface area contributed by atoms with E-state index < -0.39 is 5.97 Å². The van der Waals surface area contributed by atoms with Gasteiger partial charge in [-0.1, -0.05) is 34.8 Å². The van der Waals surface area contributed by atoms with Crippen molar-refractivity contribution in [2.45, 2.75) is 25.9 Å². The lowest BCUT2D eigenvalue weighted by Gasteiger charge is -2.12. The van der Waals surface area contributed by atoms with Crippen LogP contribution in [0.25, 0.3) is 0 Å². The Morgan fingerprint density at radius 2 is 2.35 bits per heavy atom.